The molecule has 0 fully saturated rings. The van der Waals surface area contributed by atoms with Crippen molar-refractivity contribution in [2.24, 2.45) is 0 Å². The first-order chi connectivity index (χ1) is 13.7. The van der Waals surface area contributed by atoms with Gasteiger partial charge in [0.1, 0.15) is 5.60 Å². The van der Waals surface area contributed by atoms with Crippen molar-refractivity contribution in [1.82, 2.24) is 5.32 Å². The van der Waals surface area contributed by atoms with Gasteiger partial charge in [0.15, 0.2) is 0 Å². The highest BCUT2D eigenvalue weighted by Crippen LogP contribution is 2.40. The standard InChI is InChI=1S/C24H25NO3/c1-25-23(27)17-22(26)18-28-24(19-11-5-2-6-12-19,20-13-7-3-8-14-20)21-15-9-4-10-16-21/h2-16,22,26H,17-18H2,1H3,(H,25,27)/t22-/m0/s1. The van der Waals surface area contributed by atoms with Crippen LogP contribution in [-0.2, 0) is 15.1 Å². The Morgan fingerprint density at radius 2 is 1.25 bits per heavy atom. The van der Waals surface area contributed by atoms with Gasteiger partial charge in [0.2, 0.25) is 5.91 Å². The Hall–Kier alpha value is -2.95. The number of carbonyl (C=O) groups excluding carboxylic acids is 1. The first-order valence-electron chi connectivity index (χ1n) is 9.36. The third-order valence-electron chi connectivity index (χ3n) is 4.73. The molecule has 1 atom stereocenters. The minimum atomic E-state index is -0.907. The Balaban J connectivity index is 2.07. The second-order valence-electron chi connectivity index (χ2n) is 6.62. The van der Waals surface area contributed by atoms with Gasteiger partial charge in [-0.2, -0.15) is 0 Å². The maximum absolute atomic E-state index is 11.6. The molecule has 144 valence electrons. The lowest BCUT2D eigenvalue weighted by Crippen LogP contribution is -2.37. The zero-order valence-corrected chi connectivity index (χ0v) is 15.9. The molecule has 1 amide bonds. The fraction of sp³-hybridized carbons (Fsp3) is 0.208. The van der Waals surface area contributed by atoms with E-state index in [0.717, 1.165) is 16.7 Å². The number of nitrogens with one attached hydrogen (secondary N) is 1. The quantitative estimate of drug-likeness (QED) is 0.593. The number of aliphatic hydroxyl groups is 1. The van der Waals surface area contributed by atoms with Gasteiger partial charge in [-0.05, 0) is 16.7 Å². The van der Waals surface area contributed by atoms with Gasteiger partial charge in [0.25, 0.3) is 0 Å². The first kappa shape index (κ1) is 19.8. The Morgan fingerprint density at radius 3 is 1.61 bits per heavy atom. The van der Waals surface area contributed by atoms with E-state index >= 15 is 0 Å². The summed E-state index contributed by atoms with van der Waals surface area (Å²) in [7, 11) is 1.55. The number of ether oxygens (including phenoxy) is 1. The molecule has 3 aromatic rings. The zero-order chi connectivity index (χ0) is 19.8. The average molecular weight is 375 g/mol. The lowest BCUT2D eigenvalue weighted by atomic mass is 9.80. The molecule has 2 N–H and O–H groups in total. The molecule has 0 unspecified atom stereocenters. The molecule has 0 aromatic heterocycles. The fourth-order valence-electron chi connectivity index (χ4n) is 3.36. The molecule has 4 nitrogen and oxygen atoms in total. The summed E-state index contributed by atoms with van der Waals surface area (Å²) in [6.45, 7) is 0.0199. The average Bonchev–Trinajstić information content (AvgIpc) is 2.76. The second-order valence-corrected chi connectivity index (χ2v) is 6.62. The highest BCUT2D eigenvalue weighted by atomic mass is 16.5. The van der Waals surface area contributed by atoms with Crippen molar-refractivity contribution in [2.75, 3.05) is 13.7 Å². The monoisotopic (exact) mass is 375 g/mol. The Bertz CT molecular complexity index is 769. The molecule has 3 aromatic carbocycles. The van der Waals surface area contributed by atoms with E-state index in [0.29, 0.717) is 0 Å². The van der Waals surface area contributed by atoms with E-state index in [4.69, 9.17) is 4.74 Å². The number of amides is 1. The van der Waals surface area contributed by atoms with E-state index < -0.39 is 11.7 Å². The van der Waals surface area contributed by atoms with Crippen molar-refractivity contribution in [1.29, 1.82) is 0 Å². The largest absolute Gasteiger partial charge is 0.390 e. The highest BCUT2D eigenvalue weighted by molar-refractivity contribution is 5.76. The van der Waals surface area contributed by atoms with Gasteiger partial charge in [0.05, 0.1) is 19.1 Å². The van der Waals surface area contributed by atoms with Crippen LogP contribution < -0.4 is 5.32 Å². The normalized spacial score (nSPS) is 12.4. The molecule has 0 heterocycles. The van der Waals surface area contributed by atoms with Crippen LogP contribution >= 0.6 is 0 Å². The maximum Gasteiger partial charge on any atom is 0.222 e. The first-order valence-corrected chi connectivity index (χ1v) is 9.36. The predicted octanol–water partition coefficient (Wildman–Crippen LogP) is 3.49. The van der Waals surface area contributed by atoms with Crippen molar-refractivity contribution in [3.8, 4) is 0 Å². The van der Waals surface area contributed by atoms with E-state index in [9.17, 15) is 9.90 Å². The van der Waals surface area contributed by atoms with Crippen molar-refractivity contribution in [3.63, 3.8) is 0 Å². The molecule has 28 heavy (non-hydrogen) atoms. The Kier molecular flexibility index (Phi) is 6.58. The molecule has 0 bridgehead atoms. The smallest absolute Gasteiger partial charge is 0.222 e. The van der Waals surface area contributed by atoms with Crippen molar-refractivity contribution < 1.29 is 14.6 Å². The topological polar surface area (TPSA) is 58.6 Å². The molecular formula is C24H25NO3. The summed E-state index contributed by atoms with van der Waals surface area (Å²) in [4.78, 5) is 11.6. The molecular weight excluding hydrogens is 350 g/mol. The summed E-state index contributed by atoms with van der Waals surface area (Å²) < 4.78 is 6.47. The van der Waals surface area contributed by atoms with Gasteiger partial charge in [-0.25, -0.2) is 0 Å². The summed E-state index contributed by atoms with van der Waals surface area (Å²) in [5.41, 5.74) is 1.98. The molecule has 0 aliphatic rings. The molecule has 0 aliphatic heterocycles. The van der Waals surface area contributed by atoms with E-state index in [2.05, 4.69) is 5.32 Å². The van der Waals surface area contributed by atoms with Gasteiger partial charge in [-0.15, -0.1) is 0 Å². The predicted molar refractivity (Wildman–Crippen MR) is 110 cm³/mol. The number of aliphatic hydroxyl groups excluding tert-OH is 1. The van der Waals surface area contributed by atoms with E-state index in [-0.39, 0.29) is 18.9 Å². The molecule has 3 rings (SSSR count). The number of hydrogen-bond donors (Lipinski definition) is 2. The number of benzene rings is 3. The Morgan fingerprint density at radius 1 is 0.857 bits per heavy atom. The van der Waals surface area contributed by atoms with Crippen molar-refractivity contribution in [2.45, 2.75) is 18.1 Å². The minimum Gasteiger partial charge on any atom is -0.390 e. The van der Waals surface area contributed by atoms with E-state index in [1.54, 1.807) is 7.05 Å². The molecule has 4 heteroatoms. The van der Waals surface area contributed by atoms with Gasteiger partial charge in [-0.1, -0.05) is 91.0 Å². The third kappa shape index (κ3) is 4.30. The number of hydrogen-bond acceptors (Lipinski definition) is 3. The van der Waals surface area contributed by atoms with E-state index in [1.807, 2.05) is 91.0 Å². The van der Waals surface area contributed by atoms with Crippen LogP contribution in [0.1, 0.15) is 23.1 Å². The van der Waals surface area contributed by atoms with Crippen LogP contribution in [-0.4, -0.2) is 30.8 Å². The van der Waals surface area contributed by atoms with Crippen molar-refractivity contribution >= 4 is 5.91 Å². The number of rotatable bonds is 8. The SMILES string of the molecule is CNC(=O)C[C@H](O)COC(c1ccccc1)(c1ccccc1)c1ccccc1. The molecule has 0 saturated carbocycles. The summed E-state index contributed by atoms with van der Waals surface area (Å²) in [5, 5.41) is 12.9. The number of carbonyl (C=O) groups is 1. The van der Waals surface area contributed by atoms with Crippen LogP contribution in [0.25, 0.3) is 0 Å². The van der Waals surface area contributed by atoms with Crippen LogP contribution in [0.5, 0.6) is 0 Å². The van der Waals surface area contributed by atoms with Crippen LogP contribution in [0.3, 0.4) is 0 Å². The van der Waals surface area contributed by atoms with Gasteiger partial charge in [0, 0.05) is 7.05 Å². The van der Waals surface area contributed by atoms with Gasteiger partial charge >= 0.3 is 0 Å². The third-order valence-corrected chi connectivity index (χ3v) is 4.73. The lowest BCUT2D eigenvalue weighted by molar-refractivity contribution is -0.124. The highest BCUT2D eigenvalue weighted by Gasteiger charge is 2.38. The van der Waals surface area contributed by atoms with Crippen LogP contribution in [0.2, 0.25) is 0 Å². The van der Waals surface area contributed by atoms with Gasteiger partial charge in [-0.3, -0.25) is 4.79 Å². The minimum absolute atomic E-state index is 0.00898. The lowest BCUT2D eigenvalue weighted by Gasteiger charge is -2.36. The van der Waals surface area contributed by atoms with Crippen LogP contribution in [0.4, 0.5) is 0 Å². The Labute approximate surface area is 165 Å². The van der Waals surface area contributed by atoms with Gasteiger partial charge < -0.3 is 15.2 Å². The summed E-state index contributed by atoms with van der Waals surface area (Å²) in [6, 6.07) is 29.8. The molecule has 0 radical (unpaired) electrons. The summed E-state index contributed by atoms with van der Waals surface area (Å²) in [6.07, 6.45) is -0.916. The maximum atomic E-state index is 11.6. The zero-order valence-electron chi connectivity index (χ0n) is 15.9. The van der Waals surface area contributed by atoms with Crippen molar-refractivity contribution in [3.05, 3.63) is 108 Å². The van der Waals surface area contributed by atoms with Crippen LogP contribution in [0.15, 0.2) is 91.0 Å². The second kappa shape index (κ2) is 9.31. The summed E-state index contributed by atoms with van der Waals surface area (Å²) in [5.74, 6) is -0.221. The van der Waals surface area contributed by atoms with E-state index in [1.165, 1.54) is 0 Å². The molecule has 0 spiro atoms. The molecule has 0 aliphatic carbocycles. The fourth-order valence-corrected chi connectivity index (χ4v) is 3.36. The summed E-state index contributed by atoms with van der Waals surface area (Å²) >= 11 is 0. The molecule has 0 saturated heterocycles. The van der Waals surface area contributed by atoms with Crippen LogP contribution in [0, 0.1) is 0 Å².